The van der Waals surface area contributed by atoms with Crippen LogP contribution in [0.4, 0.5) is 4.39 Å². The van der Waals surface area contributed by atoms with E-state index in [0.717, 1.165) is 24.0 Å². The van der Waals surface area contributed by atoms with Gasteiger partial charge in [-0.2, -0.15) is 0 Å². The van der Waals surface area contributed by atoms with E-state index >= 15 is 0 Å². The second-order valence-corrected chi connectivity index (χ2v) is 7.67. The first-order valence-corrected chi connectivity index (χ1v) is 10.5. The fourth-order valence-electron chi connectivity index (χ4n) is 3.56. The van der Waals surface area contributed by atoms with Crippen LogP contribution in [0, 0.1) is 5.82 Å². The Kier molecular flexibility index (Phi) is 8.39. The average Bonchev–Trinajstić information content (AvgIpc) is 3.20. The first kappa shape index (κ1) is 23.9. The Labute approximate surface area is 198 Å². The van der Waals surface area contributed by atoms with Crippen LogP contribution < -0.4 is 14.8 Å². The third-order valence-corrected chi connectivity index (χ3v) is 5.59. The van der Waals surface area contributed by atoms with Crippen LogP contribution in [0.1, 0.15) is 16.7 Å². The topological polar surface area (TPSA) is 46.3 Å². The fourth-order valence-corrected chi connectivity index (χ4v) is 3.77. The third kappa shape index (κ3) is 5.54. The van der Waals surface area contributed by atoms with Gasteiger partial charge in [0.1, 0.15) is 12.4 Å². The van der Waals surface area contributed by atoms with Crippen molar-refractivity contribution in [2.24, 2.45) is 0 Å². The molecule has 0 spiro atoms. The number of H-pyrrole nitrogens is 1. The van der Waals surface area contributed by atoms with Crippen molar-refractivity contribution in [3.63, 3.8) is 0 Å². The zero-order valence-corrected chi connectivity index (χ0v) is 19.2. The van der Waals surface area contributed by atoms with Gasteiger partial charge < -0.3 is 19.8 Å². The number of fused-ring (bicyclic) bond motifs is 1. The van der Waals surface area contributed by atoms with Crippen molar-refractivity contribution in [2.75, 3.05) is 13.7 Å². The van der Waals surface area contributed by atoms with Gasteiger partial charge in [-0.3, -0.25) is 0 Å². The van der Waals surface area contributed by atoms with Crippen LogP contribution in [0.2, 0.25) is 5.02 Å². The van der Waals surface area contributed by atoms with Gasteiger partial charge in [-0.15, -0.1) is 12.4 Å². The summed E-state index contributed by atoms with van der Waals surface area (Å²) in [4.78, 5) is 3.31. The van der Waals surface area contributed by atoms with E-state index in [1.807, 2.05) is 24.3 Å². The molecule has 0 atom stereocenters. The minimum atomic E-state index is -0.387. The first-order chi connectivity index (χ1) is 15.2. The lowest BCUT2D eigenvalue weighted by Crippen LogP contribution is -2.16. The van der Waals surface area contributed by atoms with Crippen molar-refractivity contribution in [1.29, 1.82) is 0 Å². The van der Waals surface area contributed by atoms with E-state index < -0.39 is 0 Å². The maximum Gasteiger partial charge on any atom is 0.161 e. The molecule has 168 valence electrons. The Bertz CT molecular complexity index is 1160. The Balaban J connectivity index is 0.00000289. The van der Waals surface area contributed by atoms with E-state index in [9.17, 15) is 4.39 Å². The van der Waals surface area contributed by atoms with E-state index in [-0.39, 0.29) is 24.8 Å². The van der Waals surface area contributed by atoms with Crippen molar-refractivity contribution in [1.82, 2.24) is 10.3 Å². The molecule has 0 unspecified atom stereocenters. The van der Waals surface area contributed by atoms with E-state index in [1.54, 1.807) is 19.2 Å². The maximum absolute atomic E-state index is 14.0. The SMILES string of the molecule is COc1cc(CNCCc2c[nH]c3ccccc23)ccc1OCc1c(F)cccc1Cl.Cl. The lowest BCUT2D eigenvalue weighted by molar-refractivity contribution is 0.279. The largest absolute Gasteiger partial charge is 0.493 e. The third-order valence-electron chi connectivity index (χ3n) is 5.24. The minimum absolute atomic E-state index is 0. The molecule has 7 heteroatoms. The van der Waals surface area contributed by atoms with Crippen molar-refractivity contribution >= 4 is 34.9 Å². The predicted octanol–water partition coefficient (Wildman–Crippen LogP) is 6.30. The molecule has 0 bridgehead atoms. The molecule has 0 aliphatic heterocycles. The molecule has 0 saturated carbocycles. The fraction of sp³-hybridized carbons (Fsp3) is 0.200. The second kappa shape index (κ2) is 11.2. The van der Waals surface area contributed by atoms with Crippen molar-refractivity contribution < 1.29 is 13.9 Å². The molecule has 0 amide bonds. The molecule has 0 aliphatic carbocycles. The van der Waals surface area contributed by atoms with Gasteiger partial charge in [0, 0.05) is 29.2 Å². The molecule has 4 nitrogen and oxygen atoms in total. The number of halogens is 3. The van der Waals surface area contributed by atoms with Crippen LogP contribution in [-0.2, 0) is 19.6 Å². The molecule has 4 aromatic rings. The van der Waals surface area contributed by atoms with Crippen LogP contribution in [0.3, 0.4) is 0 Å². The minimum Gasteiger partial charge on any atom is -0.493 e. The highest BCUT2D eigenvalue weighted by Gasteiger charge is 2.11. The number of aromatic amines is 1. The van der Waals surface area contributed by atoms with E-state index in [4.69, 9.17) is 21.1 Å². The number of benzene rings is 3. The maximum atomic E-state index is 14.0. The van der Waals surface area contributed by atoms with Crippen LogP contribution >= 0.6 is 24.0 Å². The van der Waals surface area contributed by atoms with Gasteiger partial charge >= 0.3 is 0 Å². The summed E-state index contributed by atoms with van der Waals surface area (Å²) in [5.41, 5.74) is 3.87. The van der Waals surface area contributed by atoms with Gasteiger partial charge in [0.15, 0.2) is 11.5 Å². The number of ether oxygens (including phenoxy) is 2. The molecule has 0 saturated heterocycles. The monoisotopic (exact) mass is 474 g/mol. The molecule has 1 aromatic heterocycles. The van der Waals surface area contributed by atoms with Gasteiger partial charge in [-0.05, 0) is 54.4 Å². The number of hydrogen-bond acceptors (Lipinski definition) is 3. The second-order valence-electron chi connectivity index (χ2n) is 7.26. The summed E-state index contributed by atoms with van der Waals surface area (Å²) in [6.07, 6.45) is 3.01. The van der Waals surface area contributed by atoms with Gasteiger partial charge in [0.2, 0.25) is 0 Å². The summed E-state index contributed by atoms with van der Waals surface area (Å²) < 4.78 is 25.2. The number of para-hydroxylation sites is 1. The van der Waals surface area contributed by atoms with E-state index in [1.165, 1.54) is 17.0 Å². The van der Waals surface area contributed by atoms with Gasteiger partial charge in [0.25, 0.3) is 0 Å². The normalized spacial score (nSPS) is 10.7. The number of rotatable bonds is 9. The highest BCUT2D eigenvalue weighted by Crippen LogP contribution is 2.30. The van der Waals surface area contributed by atoms with E-state index in [0.29, 0.717) is 28.6 Å². The molecule has 2 N–H and O–H groups in total. The summed E-state index contributed by atoms with van der Waals surface area (Å²) in [7, 11) is 1.59. The first-order valence-electron chi connectivity index (χ1n) is 10.1. The Morgan fingerprint density at radius 3 is 2.69 bits per heavy atom. The Morgan fingerprint density at radius 1 is 1.03 bits per heavy atom. The average molecular weight is 475 g/mol. The number of hydrogen-bond donors (Lipinski definition) is 2. The molecule has 3 aromatic carbocycles. The predicted molar refractivity (Wildman–Crippen MR) is 130 cm³/mol. The molecule has 1 heterocycles. The summed E-state index contributed by atoms with van der Waals surface area (Å²) >= 11 is 6.07. The molecular formula is C25H25Cl2FN2O2. The van der Waals surface area contributed by atoms with Gasteiger partial charge in [0.05, 0.1) is 12.1 Å². The molecule has 0 radical (unpaired) electrons. The Hall–Kier alpha value is -2.73. The van der Waals surface area contributed by atoms with Gasteiger partial charge in [-0.25, -0.2) is 4.39 Å². The lowest BCUT2D eigenvalue weighted by Gasteiger charge is -2.13. The number of aromatic nitrogens is 1. The van der Waals surface area contributed by atoms with Gasteiger partial charge in [-0.1, -0.05) is 41.9 Å². The Morgan fingerprint density at radius 2 is 1.88 bits per heavy atom. The number of nitrogens with one attached hydrogen (secondary N) is 2. The van der Waals surface area contributed by atoms with Crippen LogP contribution in [0.25, 0.3) is 10.9 Å². The van der Waals surface area contributed by atoms with Crippen LogP contribution in [0.5, 0.6) is 11.5 Å². The molecule has 0 fully saturated rings. The summed E-state index contributed by atoms with van der Waals surface area (Å²) in [5.74, 6) is 0.759. The smallest absolute Gasteiger partial charge is 0.161 e. The lowest BCUT2D eigenvalue weighted by atomic mass is 10.1. The highest BCUT2D eigenvalue weighted by atomic mass is 35.5. The summed E-state index contributed by atoms with van der Waals surface area (Å²) in [5, 5.41) is 5.08. The summed E-state index contributed by atoms with van der Waals surface area (Å²) in [6.45, 7) is 1.59. The molecule has 0 aliphatic rings. The van der Waals surface area contributed by atoms with Crippen LogP contribution in [-0.4, -0.2) is 18.6 Å². The van der Waals surface area contributed by atoms with E-state index in [2.05, 4.69) is 34.7 Å². The zero-order valence-electron chi connectivity index (χ0n) is 17.7. The highest BCUT2D eigenvalue weighted by molar-refractivity contribution is 6.31. The van der Waals surface area contributed by atoms with Crippen molar-refractivity contribution in [2.45, 2.75) is 19.6 Å². The number of methoxy groups -OCH3 is 1. The standard InChI is InChI=1S/C25H24ClFN2O2.ClH/c1-30-25-13-17(9-10-24(25)31-16-20-21(26)6-4-7-22(20)27)14-28-12-11-18-15-29-23-8-3-2-5-19(18)23;/h2-10,13,15,28-29H,11-12,14,16H2,1H3;1H. The summed E-state index contributed by atoms with van der Waals surface area (Å²) in [6, 6.07) is 18.6. The van der Waals surface area contributed by atoms with Crippen LogP contribution in [0.15, 0.2) is 66.9 Å². The molecular weight excluding hydrogens is 450 g/mol. The van der Waals surface area contributed by atoms with Crippen molar-refractivity contribution in [3.8, 4) is 11.5 Å². The molecule has 32 heavy (non-hydrogen) atoms. The quantitative estimate of drug-likeness (QED) is 0.279. The van der Waals surface area contributed by atoms with Crippen molar-refractivity contribution in [3.05, 3.63) is 94.4 Å². The zero-order chi connectivity index (χ0) is 21.6. The molecule has 4 rings (SSSR count).